The Balaban J connectivity index is 1.66. The van der Waals surface area contributed by atoms with Crippen LogP contribution >= 0.6 is 11.6 Å². The highest BCUT2D eigenvalue weighted by atomic mass is 35.5. The molecule has 7 heteroatoms. The van der Waals surface area contributed by atoms with E-state index in [1.807, 2.05) is 12.1 Å². The van der Waals surface area contributed by atoms with Crippen LogP contribution in [0.1, 0.15) is 38.3 Å². The van der Waals surface area contributed by atoms with Gasteiger partial charge >= 0.3 is 6.18 Å². The van der Waals surface area contributed by atoms with Crippen LogP contribution < -0.4 is 0 Å². The zero-order valence-electron chi connectivity index (χ0n) is 16.2. The molecular weight excluding hydrogens is 425 g/mol. The predicted octanol–water partition coefficient (Wildman–Crippen LogP) is 5.35. The number of hydrogen-bond donors (Lipinski definition) is 0. The second kappa shape index (κ2) is 8.44. The third-order valence-electron chi connectivity index (χ3n) is 5.06. The molecule has 3 aromatic rings. The maximum absolute atomic E-state index is 13.5. The molecule has 0 fully saturated rings. The number of hydrogen-bond acceptors (Lipinski definition) is 2. The summed E-state index contributed by atoms with van der Waals surface area (Å²) in [5, 5.41) is 0.659. The van der Waals surface area contributed by atoms with Crippen LogP contribution in [0.2, 0.25) is 5.02 Å². The predicted molar refractivity (Wildman–Crippen MR) is 112 cm³/mol. The Hall–Kier alpha value is -3.30. The van der Waals surface area contributed by atoms with Gasteiger partial charge in [0, 0.05) is 35.4 Å². The van der Waals surface area contributed by atoms with E-state index in [0.717, 1.165) is 17.2 Å². The van der Waals surface area contributed by atoms with Crippen LogP contribution in [-0.4, -0.2) is 22.3 Å². The average Bonchev–Trinajstić information content (AvgIpc) is 2.77. The Morgan fingerprint density at radius 1 is 1.06 bits per heavy atom. The number of fused-ring (bicyclic) bond motifs is 1. The molecule has 0 atom stereocenters. The van der Waals surface area contributed by atoms with Crippen molar-refractivity contribution in [2.75, 3.05) is 6.54 Å². The van der Waals surface area contributed by atoms with E-state index in [9.17, 15) is 18.0 Å². The lowest BCUT2D eigenvalue weighted by molar-refractivity contribution is -0.137. The summed E-state index contributed by atoms with van der Waals surface area (Å²) in [6.07, 6.45) is -2.49. The molecule has 2 heterocycles. The lowest BCUT2D eigenvalue weighted by Gasteiger charge is -2.29. The molecule has 0 saturated carbocycles. The van der Waals surface area contributed by atoms with E-state index in [0.29, 0.717) is 30.2 Å². The van der Waals surface area contributed by atoms with Gasteiger partial charge in [0.25, 0.3) is 5.91 Å². The maximum Gasteiger partial charge on any atom is 0.417 e. The van der Waals surface area contributed by atoms with Gasteiger partial charge in [-0.1, -0.05) is 35.7 Å². The van der Waals surface area contributed by atoms with Crippen molar-refractivity contribution in [3.63, 3.8) is 0 Å². The topological polar surface area (TPSA) is 33.2 Å². The molecule has 0 N–H and O–H groups in total. The largest absolute Gasteiger partial charge is 0.417 e. The fourth-order valence-corrected chi connectivity index (χ4v) is 3.80. The number of nitrogens with zero attached hydrogens (tertiary/aromatic N) is 2. The third kappa shape index (κ3) is 4.57. The van der Waals surface area contributed by atoms with Gasteiger partial charge in [-0.15, -0.1) is 0 Å². The summed E-state index contributed by atoms with van der Waals surface area (Å²) in [6.45, 7) is 0.788. The number of carbonyl (C=O) groups excluding carboxylic acids is 1. The lowest BCUT2D eigenvalue weighted by Crippen LogP contribution is -2.36. The van der Waals surface area contributed by atoms with Crippen LogP contribution in [0.5, 0.6) is 0 Å². The number of carbonyl (C=O) groups is 1. The van der Waals surface area contributed by atoms with E-state index >= 15 is 0 Å². The molecular formula is C24H16ClF3N2O. The Morgan fingerprint density at radius 2 is 1.90 bits per heavy atom. The molecule has 0 spiro atoms. The van der Waals surface area contributed by atoms with Crippen LogP contribution in [0.4, 0.5) is 13.2 Å². The van der Waals surface area contributed by atoms with Gasteiger partial charge in [-0.2, -0.15) is 13.2 Å². The Bertz CT molecular complexity index is 1200. The quantitative estimate of drug-likeness (QED) is 0.478. The molecule has 0 radical (unpaired) electrons. The Kier molecular flexibility index (Phi) is 5.71. The summed E-state index contributed by atoms with van der Waals surface area (Å²) < 4.78 is 40.4. The Morgan fingerprint density at radius 3 is 2.65 bits per heavy atom. The fraction of sp³-hybridized carbons (Fsp3) is 0.167. The van der Waals surface area contributed by atoms with Crippen molar-refractivity contribution in [3.05, 3.63) is 99.3 Å². The normalized spacial score (nSPS) is 13.2. The molecule has 0 bridgehead atoms. The van der Waals surface area contributed by atoms with Crippen LogP contribution in [0, 0.1) is 11.8 Å². The molecule has 156 valence electrons. The van der Waals surface area contributed by atoms with Crippen molar-refractivity contribution in [2.45, 2.75) is 19.1 Å². The van der Waals surface area contributed by atoms with Crippen LogP contribution in [0.15, 0.2) is 60.8 Å². The van der Waals surface area contributed by atoms with Gasteiger partial charge in [0.05, 0.1) is 5.56 Å². The number of halogens is 4. The van der Waals surface area contributed by atoms with Gasteiger partial charge in [0.15, 0.2) is 0 Å². The number of aromatic nitrogens is 1. The minimum Gasteiger partial charge on any atom is -0.334 e. The van der Waals surface area contributed by atoms with Crippen molar-refractivity contribution < 1.29 is 18.0 Å². The molecule has 31 heavy (non-hydrogen) atoms. The van der Waals surface area contributed by atoms with Crippen molar-refractivity contribution in [1.29, 1.82) is 0 Å². The molecule has 3 nitrogen and oxygen atoms in total. The second-order valence-electron chi connectivity index (χ2n) is 7.08. The van der Waals surface area contributed by atoms with Gasteiger partial charge < -0.3 is 4.90 Å². The van der Waals surface area contributed by atoms with Crippen molar-refractivity contribution >= 4 is 17.5 Å². The monoisotopic (exact) mass is 440 g/mol. The summed E-state index contributed by atoms with van der Waals surface area (Å²) in [5.41, 5.74) is 1.30. The summed E-state index contributed by atoms with van der Waals surface area (Å²) in [5.74, 6) is 4.83. The molecule has 1 amide bonds. The van der Waals surface area contributed by atoms with Crippen molar-refractivity contribution in [3.8, 4) is 11.8 Å². The first kappa shape index (κ1) is 21.0. The first-order valence-corrected chi connectivity index (χ1v) is 9.90. The molecule has 0 aliphatic carbocycles. The third-order valence-corrected chi connectivity index (χ3v) is 5.41. The molecule has 0 saturated heterocycles. The second-order valence-corrected chi connectivity index (χ2v) is 7.48. The molecule has 2 aromatic carbocycles. The van der Waals surface area contributed by atoms with Crippen LogP contribution in [-0.2, 0) is 19.1 Å². The molecule has 0 unspecified atom stereocenters. The summed E-state index contributed by atoms with van der Waals surface area (Å²) >= 11 is 6.22. The zero-order valence-corrected chi connectivity index (χ0v) is 17.0. The van der Waals surface area contributed by atoms with Gasteiger partial charge in [-0.3, -0.25) is 4.79 Å². The minimum atomic E-state index is -4.59. The average molecular weight is 441 g/mol. The van der Waals surface area contributed by atoms with Crippen LogP contribution in [0.25, 0.3) is 0 Å². The van der Waals surface area contributed by atoms with E-state index in [2.05, 4.69) is 16.8 Å². The Labute approximate surface area is 182 Å². The number of pyridine rings is 1. The summed E-state index contributed by atoms with van der Waals surface area (Å²) in [6, 6.07) is 13.8. The highest BCUT2D eigenvalue weighted by Crippen LogP contribution is 2.33. The summed E-state index contributed by atoms with van der Waals surface area (Å²) in [7, 11) is 0. The molecule has 4 rings (SSSR count). The van der Waals surface area contributed by atoms with E-state index in [-0.39, 0.29) is 17.0 Å². The smallest absolute Gasteiger partial charge is 0.334 e. The fourth-order valence-electron chi connectivity index (χ4n) is 3.51. The molecule has 1 aliphatic rings. The van der Waals surface area contributed by atoms with E-state index in [4.69, 9.17) is 11.6 Å². The van der Waals surface area contributed by atoms with Gasteiger partial charge in [-0.25, -0.2) is 4.98 Å². The van der Waals surface area contributed by atoms with E-state index < -0.39 is 11.7 Å². The first-order valence-electron chi connectivity index (χ1n) is 9.53. The maximum atomic E-state index is 13.5. The highest BCUT2D eigenvalue weighted by molar-refractivity contribution is 6.31. The lowest BCUT2D eigenvalue weighted by atomic mass is 9.98. The molecule has 1 aliphatic heterocycles. The van der Waals surface area contributed by atoms with Crippen LogP contribution in [0.3, 0.4) is 0 Å². The first-order chi connectivity index (χ1) is 14.8. The minimum absolute atomic E-state index is 0.156. The SMILES string of the molecule is O=C(c1ccc(C(F)(F)F)c(C#Cc2ccccn2)c1)N1CCc2c(Cl)cccc2C1. The van der Waals surface area contributed by atoms with E-state index in [1.54, 1.807) is 29.2 Å². The van der Waals surface area contributed by atoms with Gasteiger partial charge in [-0.05, 0) is 59.9 Å². The van der Waals surface area contributed by atoms with Crippen molar-refractivity contribution in [2.24, 2.45) is 0 Å². The number of benzene rings is 2. The standard InChI is InChI=1S/C24H16ClF3N2O/c25-22-6-3-4-18-15-30(13-11-20(18)22)23(31)17-8-10-21(24(26,27)28)16(14-17)7-9-19-5-1-2-12-29-19/h1-6,8,10,12,14H,11,13,15H2. The van der Waals surface area contributed by atoms with Gasteiger partial charge in [0.1, 0.15) is 5.69 Å². The van der Waals surface area contributed by atoms with Gasteiger partial charge in [0.2, 0.25) is 0 Å². The molecule has 1 aromatic heterocycles. The van der Waals surface area contributed by atoms with E-state index in [1.165, 1.54) is 18.3 Å². The zero-order chi connectivity index (χ0) is 22.0. The number of rotatable bonds is 1. The number of alkyl halides is 3. The van der Waals surface area contributed by atoms with Crippen molar-refractivity contribution in [1.82, 2.24) is 9.88 Å². The summed E-state index contributed by atoms with van der Waals surface area (Å²) in [4.78, 5) is 18.6. The highest BCUT2D eigenvalue weighted by Gasteiger charge is 2.34. The number of amides is 1.